The Hall–Kier alpha value is -3.35. The van der Waals surface area contributed by atoms with Gasteiger partial charge in [0.2, 0.25) is 5.78 Å². The first-order valence-electron chi connectivity index (χ1n) is 8.94. The molecule has 0 N–H and O–H groups in total. The lowest BCUT2D eigenvalue weighted by Gasteiger charge is -2.08. The largest absolute Gasteiger partial charge is 0.457 e. The average molecular weight is 381 g/mol. The van der Waals surface area contributed by atoms with Crippen molar-refractivity contribution < 1.29 is 14.3 Å². The van der Waals surface area contributed by atoms with E-state index in [1.54, 1.807) is 26.9 Å². The summed E-state index contributed by atoms with van der Waals surface area (Å²) in [6.07, 6.45) is 0. The monoisotopic (exact) mass is 381 g/mol. The van der Waals surface area contributed by atoms with Crippen LogP contribution in [-0.2, 0) is 16.6 Å². The molecule has 0 aliphatic rings. The topological polar surface area (TPSA) is 75.2 Å². The van der Waals surface area contributed by atoms with Crippen LogP contribution in [0.1, 0.15) is 34.4 Å². The molecule has 0 aliphatic carbocycles. The molecule has 0 saturated heterocycles. The lowest BCUT2D eigenvalue weighted by atomic mass is 10.1. The van der Waals surface area contributed by atoms with Gasteiger partial charge in [-0.2, -0.15) is 0 Å². The van der Waals surface area contributed by atoms with E-state index in [9.17, 15) is 14.4 Å². The second kappa shape index (κ2) is 7.34. The summed E-state index contributed by atoms with van der Waals surface area (Å²) in [5.41, 5.74) is 3.69. The van der Waals surface area contributed by atoms with E-state index in [-0.39, 0.29) is 17.9 Å². The zero-order valence-corrected chi connectivity index (χ0v) is 16.6. The van der Waals surface area contributed by atoms with Crippen molar-refractivity contribution in [2.75, 3.05) is 6.61 Å². The van der Waals surface area contributed by atoms with Crippen LogP contribution >= 0.6 is 0 Å². The smallest absolute Gasteiger partial charge is 0.303 e. The Bertz CT molecular complexity index is 1120. The minimum Gasteiger partial charge on any atom is -0.457 e. The van der Waals surface area contributed by atoms with E-state index in [0.29, 0.717) is 16.9 Å². The van der Waals surface area contributed by atoms with Crippen molar-refractivity contribution in [3.8, 4) is 11.4 Å². The number of para-hydroxylation sites is 1. The van der Waals surface area contributed by atoms with Gasteiger partial charge >= 0.3 is 5.97 Å². The number of carbonyl (C=O) groups excluding carboxylic acids is 2. The standard InChI is InChI=1S/C21H23N3O4/c1-13-11-18(19(26)12-28-16(4)25)14(2)23(13)20-15(3)22(5)24(21(20)27)17-9-7-6-8-10-17/h6-11H,12H2,1-5H3. The maximum atomic E-state index is 13.3. The highest BCUT2D eigenvalue weighted by Gasteiger charge is 2.23. The van der Waals surface area contributed by atoms with E-state index in [0.717, 1.165) is 17.1 Å². The normalized spacial score (nSPS) is 10.9. The third-order valence-corrected chi connectivity index (χ3v) is 4.89. The Kier molecular flexibility index (Phi) is 5.09. The van der Waals surface area contributed by atoms with Gasteiger partial charge in [0.05, 0.1) is 11.4 Å². The number of aromatic nitrogens is 3. The van der Waals surface area contributed by atoms with Crippen molar-refractivity contribution in [2.45, 2.75) is 27.7 Å². The Labute approximate surface area is 162 Å². The molecule has 3 rings (SSSR count). The highest BCUT2D eigenvalue weighted by atomic mass is 16.5. The summed E-state index contributed by atoms with van der Waals surface area (Å²) in [5, 5.41) is 0. The maximum absolute atomic E-state index is 13.3. The molecule has 146 valence electrons. The van der Waals surface area contributed by atoms with Crippen molar-refractivity contribution in [1.29, 1.82) is 0 Å². The second-order valence-electron chi connectivity index (χ2n) is 6.73. The van der Waals surface area contributed by atoms with Gasteiger partial charge in [0, 0.05) is 30.9 Å². The van der Waals surface area contributed by atoms with Crippen LogP contribution in [0, 0.1) is 20.8 Å². The molecule has 0 bridgehead atoms. The number of aryl methyl sites for hydroxylation is 1. The number of hydrogen-bond acceptors (Lipinski definition) is 4. The summed E-state index contributed by atoms with van der Waals surface area (Å²) in [6, 6.07) is 11.1. The number of carbonyl (C=O) groups is 2. The number of ether oxygens (including phenoxy) is 1. The number of nitrogens with zero attached hydrogens (tertiary/aromatic N) is 3. The van der Waals surface area contributed by atoms with Crippen molar-refractivity contribution in [2.24, 2.45) is 7.05 Å². The molecule has 2 aromatic heterocycles. The van der Waals surface area contributed by atoms with Crippen molar-refractivity contribution in [3.05, 3.63) is 69.4 Å². The predicted molar refractivity (Wildman–Crippen MR) is 106 cm³/mol. The summed E-state index contributed by atoms with van der Waals surface area (Å²) in [5.74, 6) is -0.807. The summed E-state index contributed by atoms with van der Waals surface area (Å²) in [7, 11) is 1.83. The molecule has 0 unspecified atom stereocenters. The Balaban J connectivity index is 2.15. The third kappa shape index (κ3) is 3.19. The average Bonchev–Trinajstić information content (AvgIpc) is 3.06. The summed E-state index contributed by atoms with van der Waals surface area (Å²) in [6.45, 7) is 6.44. The zero-order chi connectivity index (χ0) is 20.6. The SMILES string of the molecule is CC(=O)OCC(=O)c1cc(C)n(-c2c(C)n(C)n(-c3ccccc3)c2=O)c1C. The van der Waals surface area contributed by atoms with E-state index in [1.807, 2.05) is 51.2 Å². The molecule has 7 nitrogen and oxygen atoms in total. The van der Waals surface area contributed by atoms with Gasteiger partial charge in [0.25, 0.3) is 5.56 Å². The Morgan fingerprint density at radius 2 is 1.68 bits per heavy atom. The number of hydrogen-bond donors (Lipinski definition) is 0. The van der Waals surface area contributed by atoms with Crippen molar-refractivity contribution in [1.82, 2.24) is 13.9 Å². The summed E-state index contributed by atoms with van der Waals surface area (Å²) >= 11 is 0. The molecule has 0 fully saturated rings. The quantitative estimate of drug-likeness (QED) is 0.503. The molecule has 0 radical (unpaired) electrons. The number of benzene rings is 1. The predicted octanol–water partition coefficient (Wildman–Crippen LogP) is 2.64. The third-order valence-electron chi connectivity index (χ3n) is 4.89. The van der Waals surface area contributed by atoms with Gasteiger partial charge in [-0.25, -0.2) is 4.68 Å². The first-order chi connectivity index (χ1) is 13.2. The fourth-order valence-corrected chi connectivity index (χ4v) is 3.45. The molecule has 0 spiro atoms. The molecular formula is C21H23N3O4. The minimum absolute atomic E-state index is 0.174. The number of rotatable bonds is 5. The fourth-order valence-electron chi connectivity index (χ4n) is 3.45. The van der Waals surface area contributed by atoms with Crippen molar-refractivity contribution in [3.63, 3.8) is 0 Å². The number of ketones is 1. The molecule has 2 heterocycles. The van der Waals surface area contributed by atoms with Crippen LogP contribution in [0.3, 0.4) is 0 Å². The lowest BCUT2D eigenvalue weighted by Crippen LogP contribution is -2.22. The molecule has 28 heavy (non-hydrogen) atoms. The number of Topliss-reactive ketones (excluding diaryl/α,β-unsaturated/α-hetero) is 1. The van der Waals surface area contributed by atoms with Gasteiger partial charge < -0.3 is 9.30 Å². The summed E-state index contributed by atoms with van der Waals surface area (Å²) in [4.78, 5) is 36.7. The van der Waals surface area contributed by atoms with E-state index in [4.69, 9.17) is 4.74 Å². The van der Waals surface area contributed by atoms with Crippen LogP contribution in [0.25, 0.3) is 11.4 Å². The van der Waals surface area contributed by atoms with E-state index >= 15 is 0 Å². The first kappa shape index (κ1) is 19.4. The maximum Gasteiger partial charge on any atom is 0.303 e. The molecule has 1 aromatic carbocycles. The highest BCUT2D eigenvalue weighted by Crippen LogP contribution is 2.23. The van der Waals surface area contributed by atoms with Crippen LogP contribution in [0.15, 0.2) is 41.2 Å². The van der Waals surface area contributed by atoms with Gasteiger partial charge in [-0.15, -0.1) is 0 Å². The second-order valence-corrected chi connectivity index (χ2v) is 6.73. The molecular weight excluding hydrogens is 358 g/mol. The molecule has 0 amide bonds. The van der Waals surface area contributed by atoms with Crippen molar-refractivity contribution >= 4 is 11.8 Å². The van der Waals surface area contributed by atoms with Gasteiger partial charge in [0.15, 0.2) is 6.61 Å². The Morgan fingerprint density at radius 3 is 2.29 bits per heavy atom. The van der Waals surface area contributed by atoms with E-state index < -0.39 is 5.97 Å². The lowest BCUT2D eigenvalue weighted by molar-refractivity contribution is -0.139. The fraction of sp³-hybridized carbons (Fsp3) is 0.286. The first-order valence-corrected chi connectivity index (χ1v) is 8.94. The summed E-state index contributed by atoms with van der Waals surface area (Å²) < 4.78 is 10.0. The van der Waals surface area contributed by atoms with Gasteiger partial charge in [-0.05, 0) is 39.0 Å². The van der Waals surface area contributed by atoms with Crippen LogP contribution in [0.4, 0.5) is 0 Å². The Morgan fingerprint density at radius 1 is 1.04 bits per heavy atom. The highest BCUT2D eigenvalue weighted by molar-refractivity contribution is 5.99. The van der Waals surface area contributed by atoms with Crippen LogP contribution in [0.5, 0.6) is 0 Å². The van der Waals surface area contributed by atoms with Gasteiger partial charge in [-0.1, -0.05) is 18.2 Å². The van der Waals surface area contributed by atoms with Crippen LogP contribution in [0.2, 0.25) is 0 Å². The zero-order valence-electron chi connectivity index (χ0n) is 16.6. The molecule has 7 heteroatoms. The van der Waals surface area contributed by atoms with Gasteiger partial charge in [0.1, 0.15) is 5.69 Å². The molecule has 0 atom stereocenters. The van der Waals surface area contributed by atoms with Crippen LogP contribution in [-0.4, -0.2) is 32.3 Å². The van der Waals surface area contributed by atoms with E-state index in [1.165, 1.54) is 6.92 Å². The van der Waals surface area contributed by atoms with E-state index in [2.05, 4.69) is 0 Å². The van der Waals surface area contributed by atoms with Gasteiger partial charge in [-0.3, -0.25) is 19.1 Å². The minimum atomic E-state index is -0.508. The molecule has 0 saturated carbocycles. The van der Waals surface area contributed by atoms with Crippen LogP contribution < -0.4 is 5.56 Å². The number of esters is 1. The molecule has 3 aromatic rings. The molecule has 0 aliphatic heterocycles.